The number of phenols is 1. The van der Waals surface area contributed by atoms with Crippen molar-refractivity contribution < 1.29 is 29.0 Å². The zero-order chi connectivity index (χ0) is 35.6. The number of rotatable bonds is 7. The quantitative estimate of drug-likeness (QED) is 0.160. The van der Waals surface area contributed by atoms with Crippen molar-refractivity contribution in [3.05, 3.63) is 130 Å². The second-order valence-electron chi connectivity index (χ2n) is 13.8. The number of allylic oxidation sites excluding steroid dienone is 2. The Morgan fingerprint density at radius 2 is 1.57 bits per heavy atom. The number of benzene rings is 4. The number of aromatic hydroxyl groups is 1. The molecule has 2 aliphatic heterocycles. The van der Waals surface area contributed by atoms with E-state index in [9.17, 15) is 19.5 Å². The van der Waals surface area contributed by atoms with Crippen LogP contribution in [-0.2, 0) is 31.0 Å². The van der Waals surface area contributed by atoms with Crippen molar-refractivity contribution in [3.8, 4) is 11.5 Å². The number of phenolic OH excluding ortho intramolecular Hbond substituents is 1. The van der Waals surface area contributed by atoms with E-state index in [0.717, 1.165) is 17.6 Å². The van der Waals surface area contributed by atoms with Crippen LogP contribution in [0, 0.1) is 23.7 Å². The molecule has 0 spiro atoms. The largest absolute Gasteiger partial charge is 0.504 e. The first kappa shape index (κ1) is 33.0. The molecule has 4 aromatic rings. The number of fused-ring (bicyclic) bond motifs is 4. The first-order valence-electron chi connectivity index (χ1n) is 17.5. The molecule has 0 bridgehead atoms. The summed E-state index contributed by atoms with van der Waals surface area (Å²) in [5, 5.41) is 11.1. The molecule has 4 aliphatic rings. The fourth-order valence-electron chi connectivity index (χ4n) is 9.24. The molecule has 8 nitrogen and oxygen atoms in total. The predicted octanol–water partition coefficient (Wildman–Crippen LogP) is 7.37. The number of anilines is 2. The molecule has 0 radical (unpaired) electrons. The summed E-state index contributed by atoms with van der Waals surface area (Å²) in [6.45, 7) is 4.17. The van der Waals surface area contributed by atoms with Crippen LogP contribution in [0.15, 0.2) is 109 Å². The van der Waals surface area contributed by atoms with Gasteiger partial charge in [-0.15, -0.1) is 0 Å². The van der Waals surface area contributed by atoms with Crippen LogP contribution in [0.25, 0.3) is 0 Å². The van der Waals surface area contributed by atoms with Gasteiger partial charge in [-0.25, -0.2) is 4.90 Å². The van der Waals surface area contributed by atoms with Crippen molar-refractivity contribution in [2.45, 2.75) is 44.4 Å². The van der Waals surface area contributed by atoms with Gasteiger partial charge in [0, 0.05) is 10.9 Å². The molecule has 9 heteroatoms. The van der Waals surface area contributed by atoms with Crippen LogP contribution >= 0.6 is 11.6 Å². The fraction of sp³-hybridized carbons (Fsp3) is 0.286. The van der Waals surface area contributed by atoms with E-state index in [0.29, 0.717) is 40.6 Å². The minimum absolute atomic E-state index is 0.0494. The minimum Gasteiger partial charge on any atom is -0.504 e. The monoisotopic (exact) mass is 700 g/mol. The summed E-state index contributed by atoms with van der Waals surface area (Å²) in [7, 11) is 0. The predicted molar refractivity (Wildman–Crippen MR) is 194 cm³/mol. The van der Waals surface area contributed by atoms with Crippen LogP contribution in [0.5, 0.6) is 11.5 Å². The van der Waals surface area contributed by atoms with Crippen molar-refractivity contribution in [3.63, 3.8) is 0 Å². The van der Waals surface area contributed by atoms with E-state index < -0.39 is 40.9 Å². The first-order chi connectivity index (χ1) is 24.7. The fourth-order valence-corrected chi connectivity index (χ4v) is 9.42. The Labute approximate surface area is 301 Å². The average Bonchev–Trinajstić information content (AvgIpc) is 3.53. The van der Waals surface area contributed by atoms with E-state index in [2.05, 4.69) is 0 Å². The summed E-state index contributed by atoms with van der Waals surface area (Å²) in [4.78, 5) is 61.5. The second kappa shape index (κ2) is 12.5. The highest BCUT2D eigenvalue weighted by atomic mass is 35.5. The highest BCUT2D eigenvalue weighted by Gasteiger charge is 2.70. The molecule has 0 aromatic heterocycles. The molecule has 2 aliphatic carbocycles. The van der Waals surface area contributed by atoms with Gasteiger partial charge in [0.15, 0.2) is 11.5 Å². The number of carbonyl (C=O) groups excluding carboxylic acids is 4. The summed E-state index contributed by atoms with van der Waals surface area (Å²) in [5.74, 6) is -4.56. The Bertz CT molecular complexity index is 2110. The third-order valence-electron chi connectivity index (χ3n) is 11.4. The van der Waals surface area contributed by atoms with Gasteiger partial charge in [-0.3, -0.25) is 24.1 Å². The van der Waals surface area contributed by atoms with Gasteiger partial charge < -0.3 is 9.84 Å². The Morgan fingerprint density at radius 1 is 0.804 bits per heavy atom. The minimum atomic E-state index is -1.42. The molecule has 2 heterocycles. The third kappa shape index (κ3) is 4.87. The summed E-state index contributed by atoms with van der Waals surface area (Å²) in [6.07, 6.45) is 3.36. The van der Waals surface area contributed by atoms with E-state index in [1.54, 1.807) is 42.5 Å². The molecule has 51 heavy (non-hydrogen) atoms. The van der Waals surface area contributed by atoms with E-state index in [-0.39, 0.29) is 35.6 Å². The number of carbonyl (C=O) groups is 4. The average molecular weight is 701 g/mol. The molecule has 1 N–H and O–H groups in total. The summed E-state index contributed by atoms with van der Waals surface area (Å²) in [5.41, 5.74) is 2.74. The lowest BCUT2D eigenvalue weighted by Gasteiger charge is -2.50. The molecular weight excluding hydrogens is 664 g/mol. The van der Waals surface area contributed by atoms with E-state index in [1.807, 2.05) is 74.5 Å². The van der Waals surface area contributed by atoms with E-state index in [1.165, 1.54) is 9.80 Å². The lowest BCUT2D eigenvalue weighted by atomic mass is 9.49. The maximum Gasteiger partial charge on any atom is 0.246 e. The van der Waals surface area contributed by atoms with Crippen molar-refractivity contribution >= 4 is 46.6 Å². The van der Waals surface area contributed by atoms with Crippen LogP contribution in [0.1, 0.15) is 49.3 Å². The molecule has 2 saturated heterocycles. The first-order valence-corrected chi connectivity index (χ1v) is 17.9. The Morgan fingerprint density at radius 3 is 2.27 bits per heavy atom. The number of hydrogen-bond donors (Lipinski definition) is 1. The molecule has 8 rings (SSSR count). The van der Waals surface area contributed by atoms with E-state index in [4.69, 9.17) is 16.3 Å². The summed E-state index contributed by atoms with van der Waals surface area (Å²) >= 11 is 6.41. The van der Waals surface area contributed by atoms with Gasteiger partial charge in [0.1, 0.15) is 0 Å². The molecule has 6 atom stereocenters. The van der Waals surface area contributed by atoms with Crippen molar-refractivity contribution in [1.82, 2.24) is 0 Å². The van der Waals surface area contributed by atoms with Gasteiger partial charge in [-0.1, -0.05) is 84.8 Å². The Balaban J connectivity index is 1.34. The van der Waals surface area contributed by atoms with Crippen molar-refractivity contribution in [2.24, 2.45) is 23.7 Å². The van der Waals surface area contributed by atoms with Gasteiger partial charge in [0.25, 0.3) is 0 Å². The van der Waals surface area contributed by atoms with Gasteiger partial charge in [0.05, 0.1) is 41.2 Å². The molecule has 4 amide bonds. The third-order valence-corrected chi connectivity index (χ3v) is 11.6. The van der Waals surface area contributed by atoms with Gasteiger partial charge >= 0.3 is 0 Å². The molecule has 4 aromatic carbocycles. The topological polar surface area (TPSA) is 104 Å². The van der Waals surface area contributed by atoms with Gasteiger partial charge in [0.2, 0.25) is 23.6 Å². The van der Waals surface area contributed by atoms with E-state index >= 15 is 4.79 Å². The molecule has 1 saturated carbocycles. The van der Waals surface area contributed by atoms with Crippen molar-refractivity contribution in [1.29, 1.82) is 0 Å². The molecule has 3 fully saturated rings. The molecular formula is C42H37ClN2O6. The highest BCUT2D eigenvalue weighted by Crippen LogP contribution is 2.65. The van der Waals surface area contributed by atoms with Gasteiger partial charge in [-0.05, 0) is 91.3 Å². The smallest absolute Gasteiger partial charge is 0.246 e. The Kier molecular flexibility index (Phi) is 8.10. The normalized spacial score (nSPS) is 26.9. The van der Waals surface area contributed by atoms with Crippen LogP contribution in [0.2, 0.25) is 5.02 Å². The van der Waals surface area contributed by atoms with Gasteiger partial charge in [-0.2, -0.15) is 0 Å². The maximum absolute atomic E-state index is 15.4. The second-order valence-corrected chi connectivity index (χ2v) is 14.2. The number of imide groups is 2. The number of aryl methyl sites for hydroxylation is 1. The highest BCUT2D eigenvalue weighted by molar-refractivity contribution is 6.32. The van der Waals surface area contributed by atoms with Crippen LogP contribution < -0.4 is 14.5 Å². The molecule has 258 valence electrons. The number of ether oxygens (including phenoxy) is 1. The van der Waals surface area contributed by atoms with Crippen LogP contribution in [0.4, 0.5) is 11.4 Å². The molecule has 0 unspecified atom stereocenters. The number of nitrogens with zero attached hydrogens (tertiary/aromatic N) is 2. The summed E-state index contributed by atoms with van der Waals surface area (Å²) in [6, 6.07) is 28.6. The number of halogens is 1. The zero-order valence-corrected chi connectivity index (χ0v) is 29.0. The number of hydrogen-bond acceptors (Lipinski definition) is 6. The Hall–Kier alpha value is -5.21. The zero-order valence-electron chi connectivity index (χ0n) is 28.3. The van der Waals surface area contributed by atoms with Crippen molar-refractivity contribution in [2.75, 3.05) is 16.4 Å². The maximum atomic E-state index is 15.4. The standard InChI is InChI=1S/C42H37ClN2O6/c1-3-24-13-16-28(17-14-24)44-38(47)31-19-18-30-32(36(31)40(44)49)23-33-39(48)45(29-12-8-11-27(43)22-29)41(50)42(33,26-9-6-5-7-10-26)37(30)25-15-20-34(46)35(21-25)51-4-2/h5-18,20-22,31-33,36-37,46H,3-4,19,23H2,1-2H3/t31-,32+,33-,36-,37-,42+/m0/s1. The van der Waals surface area contributed by atoms with Crippen LogP contribution in [0.3, 0.4) is 0 Å². The SMILES string of the molecule is CCOc1cc([C@H]2C3=CC[C@@H]4C(=O)N(c5ccc(CC)cc5)C(=O)[C@@H]4[C@@H]3C[C@H]3C(=O)N(c4cccc(Cl)c4)C(=O)[C@@]23c2ccccc2)ccc1O. The lowest BCUT2D eigenvalue weighted by molar-refractivity contribution is -0.127. The summed E-state index contributed by atoms with van der Waals surface area (Å²) < 4.78 is 5.83. The number of amides is 4. The van der Waals surface area contributed by atoms with Crippen LogP contribution in [-0.4, -0.2) is 35.3 Å². The lowest BCUT2D eigenvalue weighted by Crippen LogP contribution is -2.53.